The summed E-state index contributed by atoms with van der Waals surface area (Å²) in [6.07, 6.45) is 0.00165. The van der Waals surface area contributed by atoms with Gasteiger partial charge in [-0.05, 0) is 37.1 Å². The number of nitrogens with one attached hydrogen (secondary N) is 1. The van der Waals surface area contributed by atoms with Gasteiger partial charge in [-0.2, -0.15) is 0 Å². The van der Waals surface area contributed by atoms with Crippen LogP contribution in [0.1, 0.15) is 24.0 Å². The summed E-state index contributed by atoms with van der Waals surface area (Å²) in [4.78, 5) is 12.9. The highest BCUT2D eigenvalue weighted by molar-refractivity contribution is 6.34. The molecule has 2 heterocycles. The van der Waals surface area contributed by atoms with E-state index in [2.05, 4.69) is 5.32 Å². The number of hydrogen-bond acceptors (Lipinski definition) is 2. The van der Waals surface area contributed by atoms with Crippen LogP contribution >= 0.6 is 11.6 Å². The van der Waals surface area contributed by atoms with Crippen molar-refractivity contribution in [2.75, 3.05) is 18.0 Å². The van der Waals surface area contributed by atoms with E-state index in [1.165, 1.54) is 10.5 Å². The molecule has 0 bridgehead atoms. The van der Waals surface area contributed by atoms with E-state index >= 15 is 0 Å². The van der Waals surface area contributed by atoms with Gasteiger partial charge in [0.25, 0.3) is 0 Å². The molecular weight excluding hydrogens is 252 g/mol. The Morgan fingerprint density at radius 1 is 1.56 bits per heavy atom. The van der Waals surface area contributed by atoms with Crippen molar-refractivity contribution in [3.63, 3.8) is 0 Å². The fourth-order valence-corrected chi connectivity index (χ4v) is 3.40. The normalized spacial score (nSPS) is 25.8. The molecule has 4 nitrogen and oxygen atoms in total. The van der Waals surface area contributed by atoms with Gasteiger partial charge in [0.1, 0.15) is 0 Å². The van der Waals surface area contributed by atoms with Crippen LogP contribution in [0.15, 0.2) is 12.1 Å². The van der Waals surface area contributed by atoms with Gasteiger partial charge in [-0.3, -0.25) is 4.90 Å². The van der Waals surface area contributed by atoms with Crippen LogP contribution in [-0.4, -0.2) is 30.3 Å². The molecule has 0 spiro atoms. The Morgan fingerprint density at radius 2 is 2.33 bits per heavy atom. The van der Waals surface area contributed by atoms with E-state index in [0.717, 1.165) is 25.1 Å². The first kappa shape index (κ1) is 11.8. The number of rotatable bonds is 0. The van der Waals surface area contributed by atoms with Gasteiger partial charge < -0.3 is 10.4 Å². The molecule has 2 atom stereocenters. The first-order valence-electron chi connectivity index (χ1n) is 6.15. The monoisotopic (exact) mass is 266 g/mol. The van der Waals surface area contributed by atoms with Crippen molar-refractivity contribution in [1.82, 2.24) is 5.32 Å². The van der Waals surface area contributed by atoms with Crippen molar-refractivity contribution in [2.24, 2.45) is 0 Å². The molecular formula is C13H15ClN2O2. The fraction of sp³-hybridized carbons (Fsp3) is 0.462. The second-order valence-corrected chi connectivity index (χ2v) is 5.33. The summed E-state index contributed by atoms with van der Waals surface area (Å²) < 4.78 is 0. The Labute approximate surface area is 111 Å². The molecule has 0 aliphatic carbocycles. The van der Waals surface area contributed by atoms with Crippen LogP contribution < -0.4 is 10.2 Å². The van der Waals surface area contributed by atoms with Crippen LogP contribution in [0.3, 0.4) is 0 Å². The maximum Gasteiger partial charge on any atom is 0.412 e. The van der Waals surface area contributed by atoms with Gasteiger partial charge in [-0.15, -0.1) is 0 Å². The van der Waals surface area contributed by atoms with Gasteiger partial charge in [0.05, 0.1) is 10.7 Å². The summed E-state index contributed by atoms with van der Waals surface area (Å²) in [5, 5.41) is 13.3. The Morgan fingerprint density at radius 3 is 3.06 bits per heavy atom. The number of benzene rings is 1. The maximum atomic E-state index is 11.5. The highest BCUT2D eigenvalue weighted by Crippen LogP contribution is 2.47. The minimum Gasteiger partial charge on any atom is -0.465 e. The van der Waals surface area contributed by atoms with E-state index in [0.29, 0.717) is 10.7 Å². The molecule has 18 heavy (non-hydrogen) atoms. The van der Waals surface area contributed by atoms with Crippen molar-refractivity contribution in [2.45, 2.75) is 25.3 Å². The second-order valence-electron chi connectivity index (χ2n) is 4.92. The number of carbonyl (C=O) groups is 1. The third-order valence-electron chi connectivity index (χ3n) is 4.00. The quantitative estimate of drug-likeness (QED) is 0.758. The lowest BCUT2D eigenvalue weighted by Crippen LogP contribution is -2.38. The van der Waals surface area contributed by atoms with Gasteiger partial charge in [-0.1, -0.05) is 17.7 Å². The van der Waals surface area contributed by atoms with Crippen molar-refractivity contribution >= 4 is 23.4 Å². The van der Waals surface area contributed by atoms with E-state index in [-0.39, 0.29) is 12.0 Å². The molecule has 1 aromatic carbocycles. The lowest BCUT2D eigenvalue weighted by Gasteiger charge is -2.22. The average molecular weight is 267 g/mol. The summed E-state index contributed by atoms with van der Waals surface area (Å²) in [5.41, 5.74) is 3.05. The van der Waals surface area contributed by atoms with Crippen molar-refractivity contribution < 1.29 is 9.90 Å². The summed E-state index contributed by atoms with van der Waals surface area (Å²) in [6.45, 7) is 3.70. The zero-order valence-electron chi connectivity index (χ0n) is 10.1. The first-order valence-corrected chi connectivity index (χ1v) is 6.53. The third-order valence-corrected chi connectivity index (χ3v) is 4.31. The molecule has 0 fully saturated rings. The van der Waals surface area contributed by atoms with E-state index in [1.807, 2.05) is 19.1 Å². The molecule has 2 aliphatic heterocycles. The SMILES string of the molecule is CC1[C@@H]2CNCCc3ccc(Cl)c(c32)N1C(=O)O. The summed E-state index contributed by atoms with van der Waals surface area (Å²) in [7, 11) is 0. The Balaban J connectivity index is 2.24. The predicted molar refractivity (Wildman–Crippen MR) is 70.7 cm³/mol. The van der Waals surface area contributed by atoms with Crippen LogP contribution in [0.4, 0.5) is 10.5 Å². The summed E-state index contributed by atoms with van der Waals surface area (Å²) in [5.74, 6) is 0.201. The maximum absolute atomic E-state index is 11.5. The largest absolute Gasteiger partial charge is 0.465 e. The molecule has 96 valence electrons. The first-order chi connectivity index (χ1) is 8.61. The molecule has 5 heteroatoms. The minimum absolute atomic E-state index is 0.0678. The van der Waals surface area contributed by atoms with Crippen LogP contribution in [0.25, 0.3) is 0 Å². The van der Waals surface area contributed by atoms with Crippen LogP contribution in [0.5, 0.6) is 0 Å². The topological polar surface area (TPSA) is 52.6 Å². The van der Waals surface area contributed by atoms with Crippen molar-refractivity contribution in [3.05, 3.63) is 28.3 Å². The molecule has 1 aromatic rings. The third kappa shape index (κ3) is 1.52. The highest BCUT2D eigenvalue weighted by Gasteiger charge is 2.42. The number of amides is 1. The van der Waals surface area contributed by atoms with E-state index < -0.39 is 6.09 Å². The molecule has 0 saturated carbocycles. The predicted octanol–water partition coefficient (Wildman–Crippen LogP) is 2.46. The summed E-state index contributed by atoms with van der Waals surface area (Å²) in [6, 6.07) is 3.77. The van der Waals surface area contributed by atoms with E-state index in [4.69, 9.17) is 11.6 Å². The van der Waals surface area contributed by atoms with Crippen LogP contribution in [-0.2, 0) is 6.42 Å². The Bertz CT molecular complexity index is 518. The smallest absolute Gasteiger partial charge is 0.412 e. The second kappa shape index (κ2) is 4.14. The Hall–Kier alpha value is -1.26. The van der Waals surface area contributed by atoms with Crippen molar-refractivity contribution in [3.8, 4) is 0 Å². The van der Waals surface area contributed by atoms with Crippen LogP contribution in [0.2, 0.25) is 5.02 Å². The average Bonchev–Trinajstić information content (AvgIpc) is 2.50. The number of carboxylic acid groups (broad SMARTS) is 1. The van der Waals surface area contributed by atoms with Gasteiger partial charge >= 0.3 is 6.09 Å². The molecule has 2 aliphatic rings. The molecule has 1 unspecified atom stereocenters. The van der Waals surface area contributed by atoms with Crippen molar-refractivity contribution in [1.29, 1.82) is 0 Å². The minimum atomic E-state index is -0.925. The number of hydrogen-bond donors (Lipinski definition) is 2. The van der Waals surface area contributed by atoms with E-state index in [9.17, 15) is 9.90 Å². The molecule has 3 rings (SSSR count). The van der Waals surface area contributed by atoms with Gasteiger partial charge in [0.15, 0.2) is 0 Å². The summed E-state index contributed by atoms with van der Waals surface area (Å²) >= 11 is 6.22. The molecule has 0 aromatic heterocycles. The number of nitrogens with zero attached hydrogens (tertiary/aromatic N) is 1. The molecule has 2 N–H and O–H groups in total. The van der Waals surface area contributed by atoms with Gasteiger partial charge in [0.2, 0.25) is 0 Å². The lowest BCUT2D eigenvalue weighted by atomic mass is 9.92. The van der Waals surface area contributed by atoms with Gasteiger partial charge in [0, 0.05) is 18.5 Å². The number of anilines is 1. The van der Waals surface area contributed by atoms with E-state index in [1.54, 1.807) is 0 Å². The standard InChI is InChI=1S/C13H15ClN2O2/c1-7-9-6-15-5-4-8-2-3-10(14)12(11(8)9)16(7)13(17)18/h2-3,7,9,15H,4-6H2,1H3,(H,17,18)/t7?,9-/m0/s1. The Kier molecular flexibility index (Phi) is 2.72. The molecule has 1 amide bonds. The molecule has 0 saturated heterocycles. The lowest BCUT2D eigenvalue weighted by molar-refractivity contribution is 0.199. The highest BCUT2D eigenvalue weighted by atomic mass is 35.5. The zero-order valence-corrected chi connectivity index (χ0v) is 10.9. The fourth-order valence-electron chi connectivity index (χ4n) is 3.15. The van der Waals surface area contributed by atoms with Crippen LogP contribution in [0, 0.1) is 0 Å². The molecule has 0 radical (unpaired) electrons. The number of halogens is 1. The zero-order chi connectivity index (χ0) is 12.9. The van der Waals surface area contributed by atoms with Gasteiger partial charge in [-0.25, -0.2) is 4.79 Å².